The Kier molecular flexibility index (Phi) is 3.30. The van der Waals surface area contributed by atoms with Crippen molar-refractivity contribution in [2.45, 2.75) is 32.6 Å². The van der Waals surface area contributed by atoms with Gasteiger partial charge in [-0.3, -0.25) is 0 Å². The molecular formula is C14H20N2. The molecule has 0 fully saturated rings. The first kappa shape index (κ1) is 11.2. The van der Waals surface area contributed by atoms with E-state index in [9.17, 15) is 0 Å². The Morgan fingerprint density at radius 2 is 2.12 bits per heavy atom. The Bertz CT molecular complexity index is 469. The minimum Gasteiger partial charge on any atom is -0.361 e. The van der Waals surface area contributed by atoms with Gasteiger partial charge in [-0.25, -0.2) is 0 Å². The number of fused-ring (bicyclic) bond motifs is 1. The Balaban J connectivity index is 2.44. The number of aryl methyl sites for hydroxylation is 1. The molecular weight excluding hydrogens is 196 g/mol. The molecule has 0 amide bonds. The second-order valence-electron chi connectivity index (χ2n) is 4.63. The summed E-state index contributed by atoms with van der Waals surface area (Å²) < 4.78 is 0. The van der Waals surface area contributed by atoms with Crippen molar-refractivity contribution in [2.75, 3.05) is 6.54 Å². The van der Waals surface area contributed by atoms with E-state index >= 15 is 0 Å². The first-order chi connectivity index (χ1) is 7.74. The summed E-state index contributed by atoms with van der Waals surface area (Å²) in [5, 5.41) is 1.36. The van der Waals surface area contributed by atoms with Crippen molar-refractivity contribution in [3.05, 3.63) is 35.5 Å². The number of rotatable bonds is 4. The summed E-state index contributed by atoms with van der Waals surface area (Å²) in [5.74, 6) is 0.560. The summed E-state index contributed by atoms with van der Waals surface area (Å²) in [6.07, 6.45) is 4.25. The van der Waals surface area contributed by atoms with Gasteiger partial charge in [0, 0.05) is 17.1 Å². The number of aromatic amines is 1. The van der Waals surface area contributed by atoms with E-state index in [0.717, 1.165) is 19.4 Å². The summed E-state index contributed by atoms with van der Waals surface area (Å²) in [6.45, 7) is 5.22. The average molecular weight is 216 g/mol. The smallest absolute Gasteiger partial charge is 0.0491 e. The number of benzene rings is 1. The number of nitrogens with two attached hydrogens (primary N) is 1. The lowest BCUT2D eigenvalue weighted by molar-refractivity contribution is 0.837. The van der Waals surface area contributed by atoms with Gasteiger partial charge in [-0.05, 0) is 36.4 Å². The highest BCUT2D eigenvalue weighted by Crippen LogP contribution is 2.27. The van der Waals surface area contributed by atoms with Gasteiger partial charge in [-0.1, -0.05) is 32.0 Å². The maximum Gasteiger partial charge on any atom is 0.0491 e. The third-order valence-corrected chi connectivity index (χ3v) is 3.11. The Labute approximate surface area is 96.9 Å². The fraction of sp³-hybridized carbons (Fsp3) is 0.429. The second-order valence-corrected chi connectivity index (χ2v) is 4.63. The van der Waals surface area contributed by atoms with Gasteiger partial charge in [0.2, 0.25) is 0 Å². The van der Waals surface area contributed by atoms with Crippen molar-refractivity contribution >= 4 is 10.9 Å². The molecule has 0 aliphatic heterocycles. The number of H-pyrrole nitrogens is 1. The quantitative estimate of drug-likeness (QED) is 0.809. The molecule has 2 rings (SSSR count). The highest BCUT2D eigenvalue weighted by atomic mass is 14.7. The van der Waals surface area contributed by atoms with Crippen LogP contribution in [0.1, 0.15) is 37.3 Å². The van der Waals surface area contributed by atoms with Gasteiger partial charge >= 0.3 is 0 Å². The minimum atomic E-state index is 0.560. The lowest BCUT2D eigenvalue weighted by Gasteiger charge is -2.07. The maximum absolute atomic E-state index is 5.56. The predicted molar refractivity (Wildman–Crippen MR) is 69.8 cm³/mol. The van der Waals surface area contributed by atoms with E-state index in [1.807, 2.05) is 0 Å². The van der Waals surface area contributed by atoms with Crippen molar-refractivity contribution in [1.82, 2.24) is 4.98 Å². The highest BCUT2D eigenvalue weighted by molar-refractivity contribution is 5.86. The predicted octanol–water partition coefficient (Wildman–Crippen LogP) is 3.18. The third kappa shape index (κ3) is 1.98. The Morgan fingerprint density at radius 3 is 2.81 bits per heavy atom. The number of hydrogen-bond acceptors (Lipinski definition) is 1. The van der Waals surface area contributed by atoms with Crippen LogP contribution in [-0.4, -0.2) is 11.5 Å². The van der Waals surface area contributed by atoms with Crippen LogP contribution >= 0.6 is 0 Å². The van der Waals surface area contributed by atoms with E-state index in [-0.39, 0.29) is 0 Å². The van der Waals surface area contributed by atoms with Crippen LogP contribution in [0.4, 0.5) is 0 Å². The molecule has 2 nitrogen and oxygen atoms in total. The molecule has 0 saturated carbocycles. The molecule has 0 radical (unpaired) electrons. The molecule has 2 heteroatoms. The summed E-state index contributed by atoms with van der Waals surface area (Å²) in [5.41, 5.74) is 9.64. The van der Waals surface area contributed by atoms with E-state index in [1.54, 1.807) is 0 Å². The van der Waals surface area contributed by atoms with Gasteiger partial charge < -0.3 is 10.7 Å². The lowest BCUT2D eigenvalue weighted by atomic mass is 9.99. The van der Waals surface area contributed by atoms with Crippen LogP contribution in [0.15, 0.2) is 24.4 Å². The van der Waals surface area contributed by atoms with Crippen molar-refractivity contribution < 1.29 is 0 Å². The average Bonchev–Trinajstić information content (AvgIpc) is 2.69. The summed E-state index contributed by atoms with van der Waals surface area (Å²) in [4.78, 5) is 3.41. The zero-order valence-corrected chi connectivity index (χ0v) is 10.1. The molecule has 86 valence electrons. The Hall–Kier alpha value is -1.28. The molecule has 0 spiro atoms. The van der Waals surface area contributed by atoms with Gasteiger partial charge in [0.15, 0.2) is 0 Å². The van der Waals surface area contributed by atoms with Gasteiger partial charge in [-0.15, -0.1) is 0 Å². The van der Waals surface area contributed by atoms with E-state index in [4.69, 9.17) is 5.73 Å². The molecule has 3 N–H and O–H groups in total. The van der Waals surface area contributed by atoms with E-state index in [2.05, 4.69) is 43.2 Å². The monoisotopic (exact) mass is 216 g/mol. The largest absolute Gasteiger partial charge is 0.361 e. The molecule has 1 aromatic heterocycles. The summed E-state index contributed by atoms with van der Waals surface area (Å²) in [6, 6.07) is 6.55. The van der Waals surface area contributed by atoms with Crippen LogP contribution in [0.25, 0.3) is 10.9 Å². The summed E-state index contributed by atoms with van der Waals surface area (Å²) >= 11 is 0. The number of para-hydroxylation sites is 1. The molecule has 16 heavy (non-hydrogen) atoms. The van der Waals surface area contributed by atoms with Crippen molar-refractivity contribution in [1.29, 1.82) is 0 Å². The highest BCUT2D eigenvalue weighted by Gasteiger charge is 2.08. The van der Waals surface area contributed by atoms with E-state index in [1.165, 1.54) is 22.0 Å². The molecule has 0 bridgehead atoms. The number of aromatic nitrogens is 1. The van der Waals surface area contributed by atoms with Crippen LogP contribution < -0.4 is 5.73 Å². The van der Waals surface area contributed by atoms with Crippen molar-refractivity contribution in [3.63, 3.8) is 0 Å². The summed E-state index contributed by atoms with van der Waals surface area (Å²) in [7, 11) is 0. The SMILES string of the molecule is CC(C)c1cccc2c(CCCN)c[nH]c12. The molecule has 0 saturated heterocycles. The molecule has 0 unspecified atom stereocenters. The standard InChI is InChI=1S/C14H20N2/c1-10(2)12-6-3-7-13-11(5-4-8-15)9-16-14(12)13/h3,6-7,9-10,16H,4-5,8,15H2,1-2H3. The normalized spacial score (nSPS) is 11.5. The number of nitrogens with one attached hydrogen (secondary N) is 1. The lowest BCUT2D eigenvalue weighted by Crippen LogP contribution is -1.99. The zero-order valence-electron chi connectivity index (χ0n) is 10.1. The van der Waals surface area contributed by atoms with E-state index in [0.29, 0.717) is 5.92 Å². The van der Waals surface area contributed by atoms with Gasteiger partial charge in [0.05, 0.1) is 0 Å². The number of hydrogen-bond donors (Lipinski definition) is 2. The molecule has 0 aliphatic carbocycles. The molecule has 1 heterocycles. The zero-order chi connectivity index (χ0) is 11.5. The maximum atomic E-state index is 5.56. The van der Waals surface area contributed by atoms with Crippen LogP contribution in [0.5, 0.6) is 0 Å². The first-order valence-corrected chi connectivity index (χ1v) is 6.03. The Morgan fingerprint density at radius 1 is 1.31 bits per heavy atom. The topological polar surface area (TPSA) is 41.8 Å². The fourth-order valence-electron chi connectivity index (χ4n) is 2.22. The molecule has 0 aliphatic rings. The van der Waals surface area contributed by atoms with Crippen LogP contribution in [0.3, 0.4) is 0 Å². The first-order valence-electron chi connectivity index (χ1n) is 6.03. The van der Waals surface area contributed by atoms with E-state index < -0.39 is 0 Å². The van der Waals surface area contributed by atoms with Crippen molar-refractivity contribution in [2.24, 2.45) is 5.73 Å². The van der Waals surface area contributed by atoms with Gasteiger partial charge in [-0.2, -0.15) is 0 Å². The minimum absolute atomic E-state index is 0.560. The molecule has 0 atom stereocenters. The van der Waals surface area contributed by atoms with Gasteiger partial charge in [0.1, 0.15) is 0 Å². The second kappa shape index (κ2) is 4.71. The van der Waals surface area contributed by atoms with Crippen LogP contribution in [0, 0.1) is 0 Å². The fourth-order valence-corrected chi connectivity index (χ4v) is 2.22. The molecule has 1 aromatic carbocycles. The third-order valence-electron chi connectivity index (χ3n) is 3.11. The van der Waals surface area contributed by atoms with Crippen LogP contribution in [0.2, 0.25) is 0 Å². The molecule has 2 aromatic rings. The van der Waals surface area contributed by atoms with Crippen molar-refractivity contribution in [3.8, 4) is 0 Å². The van der Waals surface area contributed by atoms with Crippen LogP contribution in [-0.2, 0) is 6.42 Å². The van der Waals surface area contributed by atoms with Gasteiger partial charge in [0.25, 0.3) is 0 Å².